The fourth-order valence-corrected chi connectivity index (χ4v) is 14.2. The number of anilines is 1. The van der Waals surface area contributed by atoms with Gasteiger partial charge in [-0.15, -0.1) is 0 Å². The summed E-state index contributed by atoms with van der Waals surface area (Å²) in [5.41, 5.74) is 3.78. The Bertz CT molecular complexity index is 2100. The lowest BCUT2D eigenvalue weighted by Crippen LogP contribution is -2.68. The van der Waals surface area contributed by atoms with Gasteiger partial charge in [0.1, 0.15) is 24.6 Å². The Morgan fingerprint density at radius 3 is 1.80 bits per heavy atom. The molecule has 2 heterocycles. The van der Waals surface area contributed by atoms with Gasteiger partial charge in [-0.05, 0) is 76.7 Å². The van der Waals surface area contributed by atoms with Crippen LogP contribution in [0.4, 0.5) is 10.6 Å². The third-order valence-corrected chi connectivity index (χ3v) is 21.7. The Hall–Kier alpha value is -4.94. The molecule has 2 aliphatic rings. The van der Waals surface area contributed by atoms with Gasteiger partial charge < -0.3 is 34.1 Å². The topological polar surface area (TPSA) is 167 Å². The Morgan fingerprint density at radius 1 is 0.746 bits per heavy atom. The summed E-state index contributed by atoms with van der Waals surface area (Å²) in [7, 11) is -5.13. The number of nitrogens with one attached hydrogen (secondary N) is 2. The van der Waals surface area contributed by atoms with Crippen LogP contribution >= 0.6 is 0 Å². The molecule has 15 heteroatoms. The number of benzene rings is 3. The second-order valence-corrected chi connectivity index (χ2v) is 24.7. The number of carbonyl (C=O) groups excluding carboxylic acids is 2. The van der Waals surface area contributed by atoms with Gasteiger partial charge >= 0.3 is 17.8 Å². The quantitative estimate of drug-likeness (QED) is 0.0883. The lowest BCUT2D eigenvalue weighted by Gasteiger charge is -2.50. The van der Waals surface area contributed by atoms with Gasteiger partial charge in [0, 0.05) is 17.7 Å². The zero-order valence-corrected chi connectivity index (χ0v) is 36.7. The number of fused-ring (bicyclic) bond motifs is 3. The molecule has 1 saturated heterocycles. The molecule has 0 bridgehead atoms. The number of nitrogens with zero attached hydrogens (tertiary/aromatic N) is 2. The van der Waals surface area contributed by atoms with E-state index in [-0.39, 0.29) is 18.3 Å². The van der Waals surface area contributed by atoms with Gasteiger partial charge in [-0.1, -0.05) is 108 Å². The lowest BCUT2D eigenvalue weighted by atomic mass is 9.95. The SMILES string of the molecule is CC[Si](CC)(CC)O[C@@H]1[C@@H](NC(=O)OCC2c3ccccc3-c3ccccc32)[C@H](n2ccc(NC(=O)c3ccccc3)nc2=O)O[C@H](C(=O)O)[C@H]1O[Si](CC)(CC)CC. The highest BCUT2D eigenvalue weighted by atomic mass is 28.4. The number of rotatable bonds is 17. The van der Waals surface area contributed by atoms with Gasteiger partial charge in [0.05, 0.1) is 6.10 Å². The van der Waals surface area contributed by atoms with Crippen molar-refractivity contribution in [3.8, 4) is 11.1 Å². The summed E-state index contributed by atoms with van der Waals surface area (Å²) >= 11 is 0. The van der Waals surface area contributed by atoms with Crippen LogP contribution in [0, 0.1) is 0 Å². The van der Waals surface area contributed by atoms with E-state index in [1.165, 1.54) is 12.3 Å². The van der Waals surface area contributed by atoms with Crippen LogP contribution in [0.15, 0.2) is 95.9 Å². The summed E-state index contributed by atoms with van der Waals surface area (Å²) in [6.45, 7) is 12.4. The van der Waals surface area contributed by atoms with E-state index in [1.54, 1.807) is 30.3 Å². The second-order valence-electron chi connectivity index (χ2n) is 15.3. The number of alkyl carbamates (subject to hydrolysis) is 1. The number of aliphatic carboxylic acids is 1. The Morgan fingerprint density at radius 2 is 1.27 bits per heavy atom. The number of carboxylic acids is 1. The number of aromatic nitrogens is 2. The minimum absolute atomic E-state index is 0.0141. The number of amides is 2. The van der Waals surface area contributed by atoms with Crippen LogP contribution in [0.5, 0.6) is 0 Å². The molecule has 5 atom stereocenters. The third-order valence-electron chi connectivity index (χ3n) is 12.5. The molecule has 3 aromatic carbocycles. The zero-order chi connectivity index (χ0) is 42.3. The molecule has 4 aromatic rings. The lowest BCUT2D eigenvalue weighted by molar-refractivity contribution is -0.211. The molecule has 1 aromatic heterocycles. The molecule has 0 saturated carbocycles. The van der Waals surface area contributed by atoms with E-state index in [2.05, 4.69) is 69.3 Å². The second kappa shape index (κ2) is 19.0. The molecule has 0 radical (unpaired) electrons. The Balaban J connectivity index is 1.40. The average molecular weight is 841 g/mol. The normalized spacial score (nSPS) is 20.3. The van der Waals surface area contributed by atoms with Crippen molar-refractivity contribution in [1.82, 2.24) is 14.9 Å². The standard InChI is InChI=1S/C44H56N4O9Si2/c1-7-58(8-2,9-3)56-37-36(47-44(53)54-28-34-32-24-18-16-22-30(32)31-23-17-19-25-33(31)34)41(55-39(42(50)51)38(37)57-59(10-4,11-5)12-6)48-27-26-35(46-43(48)52)45-40(49)29-20-14-13-15-21-29/h13-27,34,36-39,41H,7-12,28H2,1-6H3,(H,47,53)(H,50,51)(H,45,46,49,52)/t36-,37-,38+,39+,41-/m1/s1. The summed E-state index contributed by atoms with van der Waals surface area (Å²) in [4.78, 5) is 58.6. The molecule has 0 unspecified atom stereocenters. The molecular weight excluding hydrogens is 785 g/mol. The van der Waals surface area contributed by atoms with Gasteiger partial charge in [0.25, 0.3) is 5.91 Å². The number of hydrogen-bond donors (Lipinski definition) is 3. The highest BCUT2D eigenvalue weighted by Crippen LogP contribution is 2.45. The van der Waals surface area contributed by atoms with E-state index >= 15 is 0 Å². The van der Waals surface area contributed by atoms with E-state index in [1.807, 2.05) is 36.4 Å². The first kappa shape index (κ1) is 43.6. The van der Waals surface area contributed by atoms with E-state index in [9.17, 15) is 24.3 Å². The van der Waals surface area contributed by atoms with Gasteiger partial charge in [-0.3, -0.25) is 9.36 Å². The molecule has 1 fully saturated rings. The highest BCUT2D eigenvalue weighted by molar-refractivity contribution is 6.74. The fraction of sp³-hybridized carbons (Fsp3) is 0.432. The van der Waals surface area contributed by atoms with Crippen LogP contribution < -0.4 is 16.3 Å². The van der Waals surface area contributed by atoms with E-state index < -0.39 is 70.9 Å². The van der Waals surface area contributed by atoms with Gasteiger partial charge in [0.15, 0.2) is 29.0 Å². The Labute approximate surface area is 347 Å². The average Bonchev–Trinajstić information content (AvgIpc) is 3.58. The number of hydrogen-bond acceptors (Lipinski definition) is 9. The molecule has 6 rings (SSSR count). The van der Waals surface area contributed by atoms with Crippen LogP contribution in [0.25, 0.3) is 11.1 Å². The van der Waals surface area contributed by atoms with Crippen LogP contribution in [0.2, 0.25) is 36.3 Å². The smallest absolute Gasteiger partial charge is 0.407 e. The molecule has 13 nitrogen and oxygen atoms in total. The van der Waals surface area contributed by atoms with Crippen molar-refractivity contribution in [2.75, 3.05) is 11.9 Å². The van der Waals surface area contributed by atoms with E-state index in [0.29, 0.717) is 5.56 Å². The van der Waals surface area contributed by atoms with E-state index in [4.69, 9.17) is 18.3 Å². The fourth-order valence-electron chi connectivity index (χ4n) is 8.52. The van der Waals surface area contributed by atoms with Gasteiger partial charge in [-0.25, -0.2) is 14.4 Å². The summed E-state index contributed by atoms with van der Waals surface area (Å²) < 4.78 is 27.9. The third kappa shape index (κ3) is 9.14. The van der Waals surface area contributed by atoms with Crippen LogP contribution in [0.3, 0.4) is 0 Å². The van der Waals surface area contributed by atoms with Gasteiger partial charge in [-0.2, -0.15) is 4.98 Å². The highest BCUT2D eigenvalue weighted by Gasteiger charge is 2.55. The summed E-state index contributed by atoms with van der Waals surface area (Å²) in [6.07, 6.45) is -4.58. The van der Waals surface area contributed by atoms with Crippen molar-refractivity contribution < 1.29 is 37.8 Å². The van der Waals surface area contributed by atoms with Crippen molar-refractivity contribution in [3.63, 3.8) is 0 Å². The van der Waals surface area contributed by atoms with E-state index in [0.717, 1.165) is 63.1 Å². The molecule has 2 amide bonds. The maximum Gasteiger partial charge on any atom is 0.407 e. The first-order valence-electron chi connectivity index (χ1n) is 20.8. The predicted octanol–water partition coefficient (Wildman–Crippen LogP) is 8.17. The molecule has 1 aliphatic heterocycles. The van der Waals surface area contributed by atoms with Crippen molar-refractivity contribution in [2.24, 2.45) is 0 Å². The monoisotopic (exact) mass is 840 g/mol. The zero-order valence-electron chi connectivity index (χ0n) is 34.7. The van der Waals surface area contributed by atoms with Gasteiger partial charge in [0.2, 0.25) is 0 Å². The summed E-state index contributed by atoms with van der Waals surface area (Å²) in [6, 6.07) is 29.2. The molecule has 3 N–H and O–H groups in total. The number of carbonyl (C=O) groups is 3. The number of ether oxygens (including phenoxy) is 2. The minimum atomic E-state index is -2.59. The largest absolute Gasteiger partial charge is 0.479 e. The van der Waals surface area contributed by atoms with Crippen LogP contribution in [-0.2, 0) is 23.1 Å². The molecule has 0 spiro atoms. The summed E-state index contributed by atoms with van der Waals surface area (Å²) in [5.74, 6) is -1.99. The van der Waals surface area contributed by atoms with Crippen molar-refractivity contribution in [1.29, 1.82) is 0 Å². The van der Waals surface area contributed by atoms with Crippen molar-refractivity contribution >= 4 is 40.4 Å². The number of carboxylic acid groups (broad SMARTS) is 1. The molecular formula is C44H56N4O9Si2. The summed E-state index contributed by atoms with van der Waals surface area (Å²) in [5, 5.41) is 16.5. The van der Waals surface area contributed by atoms with Crippen LogP contribution in [0.1, 0.15) is 75.2 Å². The molecule has 59 heavy (non-hydrogen) atoms. The maximum atomic E-state index is 14.2. The first-order chi connectivity index (χ1) is 28.5. The molecule has 314 valence electrons. The minimum Gasteiger partial charge on any atom is -0.479 e. The van der Waals surface area contributed by atoms with Crippen LogP contribution in [-0.4, -0.2) is 80.2 Å². The first-order valence-corrected chi connectivity index (χ1v) is 25.8. The predicted molar refractivity (Wildman–Crippen MR) is 231 cm³/mol. The van der Waals surface area contributed by atoms with Crippen molar-refractivity contribution in [3.05, 3.63) is 118 Å². The molecule has 1 aliphatic carbocycles. The van der Waals surface area contributed by atoms with Crippen molar-refractivity contribution in [2.45, 2.75) is 114 Å². The maximum absolute atomic E-state index is 14.2. The Kier molecular flexibility index (Phi) is 14.0.